The molecule has 0 aliphatic heterocycles. The second kappa shape index (κ2) is 5.40. The second-order valence-electron chi connectivity index (χ2n) is 4.00. The molecular weight excluding hydrogens is 265 g/mol. The van der Waals surface area contributed by atoms with E-state index in [9.17, 15) is 19.1 Å². The lowest BCUT2D eigenvalue weighted by Crippen LogP contribution is -2.13. The molecule has 0 heterocycles. The monoisotopic (exact) mass is 275 g/mol. The summed E-state index contributed by atoms with van der Waals surface area (Å²) in [7, 11) is 0. The highest BCUT2D eigenvalue weighted by molar-refractivity contribution is 6.04. The molecule has 0 radical (unpaired) electrons. The molecule has 1 amide bonds. The van der Waals surface area contributed by atoms with Crippen LogP contribution in [0.4, 0.5) is 10.1 Å². The van der Waals surface area contributed by atoms with E-state index in [4.69, 9.17) is 5.11 Å². The third-order valence-corrected chi connectivity index (χ3v) is 2.57. The van der Waals surface area contributed by atoms with Crippen molar-refractivity contribution in [2.45, 2.75) is 0 Å². The molecule has 0 fully saturated rings. The van der Waals surface area contributed by atoms with Crippen LogP contribution in [0, 0.1) is 5.82 Å². The van der Waals surface area contributed by atoms with Crippen LogP contribution in [0.5, 0.6) is 5.75 Å². The molecule has 0 unspecified atom stereocenters. The number of aromatic carboxylic acids is 1. The van der Waals surface area contributed by atoms with E-state index in [1.807, 2.05) is 0 Å². The number of amides is 1. The van der Waals surface area contributed by atoms with E-state index in [0.717, 1.165) is 6.07 Å². The Morgan fingerprint density at radius 1 is 1.05 bits per heavy atom. The Hall–Kier alpha value is -2.89. The normalized spacial score (nSPS) is 10.1. The van der Waals surface area contributed by atoms with Gasteiger partial charge in [-0.3, -0.25) is 4.79 Å². The third kappa shape index (κ3) is 2.92. The fourth-order valence-corrected chi connectivity index (χ4v) is 1.59. The van der Waals surface area contributed by atoms with Gasteiger partial charge in [-0.2, -0.15) is 0 Å². The Morgan fingerprint density at radius 3 is 2.40 bits per heavy atom. The van der Waals surface area contributed by atoms with Gasteiger partial charge in [0.05, 0.1) is 11.3 Å². The standard InChI is InChI=1S/C14H10FNO4/c15-11-7-9(14(19)20)4-5-12(11)16-13(18)8-2-1-3-10(17)6-8/h1-7,17H,(H,16,18)(H,19,20). The van der Waals surface area contributed by atoms with Gasteiger partial charge in [0, 0.05) is 5.56 Å². The Bertz CT molecular complexity index is 685. The maximum atomic E-state index is 13.6. The molecule has 2 rings (SSSR count). The predicted octanol–water partition coefficient (Wildman–Crippen LogP) is 2.48. The number of carboxylic acid groups (broad SMARTS) is 1. The lowest BCUT2D eigenvalue weighted by atomic mass is 10.1. The van der Waals surface area contributed by atoms with E-state index in [2.05, 4.69) is 5.32 Å². The van der Waals surface area contributed by atoms with Gasteiger partial charge in [-0.25, -0.2) is 9.18 Å². The first-order valence-corrected chi connectivity index (χ1v) is 5.60. The number of hydrogen-bond acceptors (Lipinski definition) is 3. The Balaban J connectivity index is 2.22. The molecule has 3 N–H and O–H groups in total. The van der Waals surface area contributed by atoms with Crippen molar-refractivity contribution in [3.8, 4) is 5.75 Å². The zero-order valence-corrected chi connectivity index (χ0v) is 10.1. The molecular formula is C14H10FNO4. The van der Waals surface area contributed by atoms with Crippen LogP contribution in [0.3, 0.4) is 0 Å². The van der Waals surface area contributed by atoms with Gasteiger partial charge in [0.15, 0.2) is 0 Å². The molecule has 20 heavy (non-hydrogen) atoms. The fraction of sp³-hybridized carbons (Fsp3) is 0. The molecule has 0 aliphatic carbocycles. The van der Waals surface area contributed by atoms with Gasteiger partial charge in [0.25, 0.3) is 5.91 Å². The number of halogens is 1. The van der Waals surface area contributed by atoms with Crippen molar-refractivity contribution < 1.29 is 24.2 Å². The van der Waals surface area contributed by atoms with Gasteiger partial charge in [0.1, 0.15) is 11.6 Å². The molecule has 2 aromatic rings. The van der Waals surface area contributed by atoms with Crippen LogP contribution >= 0.6 is 0 Å². The van der Waals surface area contributed by atoms with E-state index < -0.39 is 17.7 Å². The lowest BCUT2D eigenvalue weighted by Gasteiger charge is -2.07. The van der Waals surface area contributed by atoms with E-state index in [0.29, 0.717) is 0 Å². The van der Waals surface area contributed by atoms with Crippen LogP contribution in [-0.4, -0.2) is 22.1 Å². The molecule has 2 aromatic carbocycles. The van der Waals surface area contributed by atoms with Gasteiger partial charge in [-0.1, -0.05) is 6.07 Å². The minimum Gasteiger partial charge on any atom is -0.508 e. The van der Waals surface area contributed by atoms with Crippen molar-refractivity contribution in [2.24, 2.45) is 0 Å². The molecule has 0 atom stereocenters. The first-order valence-electron chi connectivity index (χ1n) is 5.60. The van der Waals surface area contributed by atoms with E-state index >= 15 is 0 Å². The SMILES string of the molecule is O=C(O)c1ccc(NC(=O)c2cccc(O)c2)c(F)c1. The van der Waals surface area contributed by atoms with Crippen molar-refractivity contribution in [3.05, 3.63) is 59.4 Å². The van der Waals surface area contributed by atoms with Gasteiger partial charge < -0.3 is 15.5 Å². The maximum Gasteiger partial charge on any atom is 0.335 e. The quantitative estimate of drug-likeness (QED) is 0.803. The fourth-order valence-electron chi connectivity index (χ4n) is 1.59. The predicted molar refractivity (Wildman–Crippen MR) is 69.4 cm³/mol. The molecule has 0 saturated heterocycles. The minimum atomic E-state index is -1.25. The number of hydrogen-bond donors (Lipinski definition) is 3. The first kappa shape index (κ1) is 13.5. The number of carboxylic acids is 1. The number of rotatable bonds is 3. The van der Waals surface area contributed by atoms with Gasteiger partial charge >= 0.3 is 5.97 Å². The summed E-state index contributed by atoms with van der Waals surface area (Å²) < 4.78 is 13.6. The number of phenols is 1. The van der Waals surface area contributed by atoms with Crippen LogP contribution in [-0.2, 0) is 0 Å². The summed E-state index contributed by atoms with van der Waals surface area (Å²) in [5, 5.41) is 20.3. The van der Waals surface area contributed by atoms with Crippen molar-refractivity contribution in [3.63, 3.8) is 0 Å². The molecule has 5 nitrogen and oxygen atoms in total. The Labute approximate surface area is 113 Å². The van der Waals surface area contributed by atoms with Gasteiger partial charge in [-0.05, 0) is 36.4 Å². The highest BCUT2D eigenvalue weighted by atomic mass is 19.1. The number of carbonyl (C=O) groups excluding carboxylic acids is 1. The zero-order valence-electron chi connectivity index (χ0n) is 10.1. The average molecular weight is 275 g/mol. The van der Waals surface area contributed by atoms with Gasteiger partial charge in [-0.15, -0.1) is 0 Å². The molecule has 0 spiro atoms. The number of phenolic OH excluding ortho intramolecular Hbond substituents is 1. The topological polar surface area (TPSA) is 86.6 Å². The van der Waals surface area contributed by atoms with E-state index in [1.54, 1.807) is 0 Å². The zero-order chi connectivity index (χ0) is 14.7. The van der Waals surface area contributed by atoms with Crippen molar-refractivity contribution in [1.29, 1.82) is 0 Å². The maximum absolute atomic E-state index is 13.6. The third-order valence-electron chi connectivity index (χ3n) is 2.57. The molecule has 0 saturated carbocycles. The van der Waals surface area contributed by atoms with Crippen molar-refractivity contribution in [2.75, 3.05) is 5.32 Å². The molecule has 0 bridgehead atoms. The van der Waals surface area contributed by atoms with E-state index in [-0.39, 0.29) is 22.6 Å². The summed E-state index contributed by atoms with van der Waals surface area (Å²) in [6.07, 6.45) is 0. The molecule has 0 aliphatic rings. The summed E-state index contributed by atoms with van der Waals surface area (Å²) in [5.41, 5.74) is -0.187. The number of aromatic hydroxyl groups is 1. The summed E-state index contributed by atoms with van der Waals surface area (Å²) in [5.74, 6) is -2.80. The van der Waals surface area contributed by atoms with Crippen LogP contribution in [0.15, 0.2) is 42.5 Å². The summed E-state index contributed by atoms with van der Waals surface area (Å²) >= 11 is 0. The number of carbonyl (C=O) groups is 2. The summed E-state index contributed by atoms with van der Waals surface area (Å²) in [4.78, 5) is 22.5. The lowest BCUT2D eigenvalue weighted by molar-refractivity contribution is 0.0696. The summed E-state index contributed by atoms with van der Waals surface area (Å²) in [6, 6.07) is 8.74. The Kier molecular flexibility index (Phi) is 3.65. The number of nitrogens with one attached hydrogen (secondary N) is 1. The average Bonchev–Trinajstić information content (AvgIpc) is 2.40. The second-order valence-corrected chi connectivity index (χ2v) is 4.00. The number of benzene rings is 2. The van der Waals surface area contributed by atoms with Gasteiger partial charge in [0.2, 0.25) is 0 Å². The highest BCUT2D eigenvalue weighted by Gasteiger charge is 2.12. The first-order chi connectivity index (χ1) is 9.47. The smallest absolute Gasteiger partial charge is 0.335 e. The molecule has 6 heteroatoms. The van der Waals surface area contributed by atoms with Crippen LogP contribution in [0.1, 0.15) is 20.7 Å². The largest absolute Gasteiger partial charge is 0.508 e. The van der Waals surface area contributed by atoms with Crippen molar-refractivity contribution in [1.82, 2.24) is 0 Å². The molecule has 102 valence electrons. The van der Waals surface area contributed by atoms with Crippen LogP contribution in [0.25, 0.3) is 0 Å². The molecule has 0 aromatic heterocycles. The number of anilines is 1. The summed E-state index contributed by atoms with van der Waals surface area (Å²) in [6.45, 7) is 0. The van der Waals surface area contributed by atoms with Crippen molar-refractivity contribution >= 4 is 17.6 Å². The van der Waals surface area contributed by atoms with E-state index in [1.165, 1.54) is 36.4 Å². The Morgan fingerprint density at radius 2 is 1.80 bits per heavy atom. The van der Waals surface area contributed by atoms with Crippen LogP contribution in [0.2, 0.25) is 0 Å². The minimum absolute atomic E-state index is 0.0839. The van der Waals surface area contributed by atoms with Crippen LogP contribution < -0.4 is 5.32 Å². The highest BCUT2D eigenvalue weighted by Crippen LogP contribution is 2.18.